The summed E-state index contributed by atoms with van der Waals surface area (Å²) in [6.07, 6.45) is 0.638. The predicted molar refractivity (Wildman–Crippen MR) is 56.9 cm³/mol. The van der Waals surface area contributed by atoms with Crippen LogP contribution in [0, 0.1) is 11.6 Å². The maximum atomic E-state index is 13.0. The van der Waals surface area contributed by atoms with Gasteiger partial charge in [-0.05, 0) is 18.6 Å². The highest BCUT2D eigenvalue weighted by Gasteiger charge is 2.14. The summed E-state index contributed by atoms with van der Waals surface area (Å²) in [5.41, 5.74) is 5.90. The SMILES string of the molecule is CCC(N)c1nnc(-c2cc(F)cc(F)c2)o1. The van der Waals surface area contributed by atoms with E-state index in [4.69, 9.17) is 10.2 Å². The third kappa shape index (κ3) is 2.47. The lowest BCUT2D eigenvalue weighted by atomic mass is 10.2. The van der Waals surface area contributed by atoms with Crippen LogP contribution in [0.4, 0.5) is 8.78 Å². The largest absolute Gasteiger partial charge is 0.419 e. The van der Waals surface area contributed by atoms with Gasteiger partial charge in [-0.1, -0.05) is 6.92 Å². The van der Waals surface area contributed by atoms with Crippen molar-refractivity contribution in [2.24, 2.45) is 5.73 Å². The minimum Gasteiger partial charge on any atom is -0.419 e. The van der Waals surface area contributed by atoms with Gasteiger partial charge in [0.05, 0.1) is 6.04 Å². The second-order valence-electron chi connectivity index (χ2n) is 3.62. The molecule has 0 bridgehead atoms. The van der Waals surface area contributed by atoms with Gasteiger partial charge in [0.15, 0.2) is 0 Å². The van der Waals surface area contributed by atoms with Crippen LogP contribution < -0.4 is 5.73 Å². The molecule has 17 heavy (non-hydrogen) atoms. The van der Waals surface area contributed by atoms with E-state index in [-0.39, 0.29) is 23.4 Å². The van der Waals surface area contributed by atoms with Crippen LogP contribution in [0.5, 0.6) is 0 Å². The molecule has 1 heterocycles. The fraction of sp³-hybridized carbons (Fsp3) is 0.273. The van der Waals surface area contributed by atoms with E-state index in [1.807, 2.05) is 6.92 Å². The molecule has 0 aliphatic carbocycles. The molecule has 0 spiro atoms. The van der Waals surface area contributed by atoms with Crippen molar-refractivity contribution in [2.75, 3.05) is 0 Å². The maximum Gasteiger partial charge on any atom is 0.248 e. The molecule has 0 fully saturated rings. The fourth-order valence-electron chi connectivity index (χ4n) is 1.35. The van der Waals surface area contributed by atoms with E-state index in [0.29, 0.717) is 6.42 Å². The summed E-state index contributed by atoms with van der Waals surface area (Å²) in [6, 6.07) is 2.66. The number of nitrogens with two attached hydrogens (primary N) is 1. The van der Waals surface area contributed by atoms with E-state index < -0.39 is 11.6 Å². The zero-order valence-electron chi connectivity index (χ0n) is 9.15. The quantitative estimate of drug-likeness (QED) is 0.893. The number of hydrogen-bond acceptors (Lipinski definition) is 4. The van der Waals surface area contributed by atoms with Crippen LogP contribution in [0.2, 0.25) is 0 Å². The molecule has 0 saturated carbocycles. The van der Waals surface area contributed by atoms with Gasteiger partial charge in [-0.3, -0.25) is 0 Å². The molecule has 0 radical (unpaired) electrons. The maximum absolute atomic E-state index is 13.0. The standard InChI is InChI=1S/C11H11F2N3O/c1-2-9(14)11-16-15-10(17-11)6-3-7(12)5-8(13)4-6/h3-5,9H,2,14H2,1H3. The van der Waals surface area contributed by atoms with Gasteiger partial charge in [-0.25, -0.2) is 8.78 Å². The number of rotatable bonds is 3. The Balaban J connectivity index is 2.36. The van der Waals surface area contributed by atoms with Gasteiger partial charge in [0.2, 0.25) is 11.8 Å². The molecule has 2 aromatic rings. The smallest absolute Gasteiger partial charge is 0.248 e. The molecule has 2 rings (SSSR count). The summed E-state index contributed by atoms with van der Waals surface area (Å²) < 4.78 is 31.2. The van der Waals surface area contributed by atoms with E-state index in [1.165, 1.54) is 0 Å². The Morgan fingerprint density at radius 1 is 1.24 bits per heavy atom. The average Bonchev–Trinajstić information content (AvgIpc) is 2.76. The normalized spacial score (nSPS) is 12.7. The van der Waals surface area contributed by atoms with Crippen molar-refractivity contribution < 1.29 is 13.2 Å². The first-order valence-electron chi connectivity index (χ1n) is 5.15. The van der Waals surface area contributed by atoms with Crippen molar-refractivity contribution in [1.82, 2.24) is 10.2 Å². The van der Waals surface area contributed by atoms with Crippen molar-refractivity contribution in [2.45, 2.75) is 19.4 Å². The molecule has 1 atom stereocenters. The van der Waals surface area contributed by atoms with Crippen LogP contribution in [0.1, 0.15) is 25.3 Å². The number of halogens is 2. The van der Waals surface area contributed by atoms with E-state index in [2.05, 4.69) is 10.2 Å². The van der Waals surface area contributed by atoms with E-state index in [0.717, 1.165) is 18.2 Å². The summed E-state index contributed by atoms with van der Waals surface area (Å²) >= 11 is 0. The van der Waals surface area contributed by atoms with Gasteiger partial charge in [-0.15, -0.1) is 10.2 Å². The summed E-state index contributed by atoms with van der Waals surface area (Å²) in [7, 11) is 0. The molecule has 0 aliphatic heterocycles. The minimum atomic E-state index is -0.695. The molecule has 2 N–H and O–H groups in total. The van der Waals surface area contributed by atoms with Gasteiger partial charge in [-0.2, -0.15) is 0 Å². The number of nitrogens with zero attached hydrogens (tertiary/aromatic N) is 2. The van der Waals surface area contributed by atoms with Crippen molar-refractivity contribution in [3.8, 4) is 11.5 Å². The van der Waals surface area contributed by atoms with Gasteiger partial charge in [0.25, 0.3) is 0 Å². The first-order chi connectivity index (χ1) is 8.10. The Bertz CT molecular complexity index is 507. The van der Waals surface area contributed by atoms with Crippen molar-refractivity contribution in [3.05, 3.63) is 35.7 Å². The van der Waals surface area contributed by atoms with Gasteiger partial charge in [0.1, 0.15) is 11.6 Å². The lowest BCUT2D eigenvalue weighted by molar-refractivity contribution is 0.452. The zero-order chi connectivity index (χ0) is 12.4. The van der Waals surface area contributed by atoms with Crippen LogP contribution in [0.15, 0.2) is 22.6 Å². The summed E-state index contributed by atoms with van der Waals surface area (Å²) in [5.74, 6) is -1.08. The number of benzene rings is 1. The van der Waals surface area contributed by atoms with E-state index in [1.54, 1.807) is 0 Å². The molecule has 0 amide bonds. The van der Waals surface area contributed by atoms with Crippen LogP contribution in [0.3, 0.4) is 0 Å². The van der Waals surface area contributed by atoms with Gasteiger partial charge >= 0.3 is 0 Å². The van der Waals surface area contributed by atoms with Crippen LogP contribution in [-0.4, -0.2) is 10.2 Å². The Labute approximate surface area is 96.5 Å². The van der Waals surface area contributed by atoms with Crippen molar-refractivity contribution >= 4 is 0 Å². The Kier molecular flexibility index (Phi) is 3.14. The van der Waals surface area contributed by atoms with Crippen LogP contribution >= 0.6 is 0 Å². The van der Waals surface area contributed by atoms with Gasteiger partial charge < -0.3 is 10.2 Å². The molecular formula is C11H11F2N3O. The number of aromatic nitrogens is 2. The Morgan fingerprint density at radius 3 is 2.47 bits per heavy atom. The Morgan fingerprint density at radius 2 is 1.88 bits per heavy atom. The van der Waals surface area contributed by atoms with Crippen LogP contribution in [-0.2, 0) is 0 Å². The second-order valence-corrected chi connectivity index (χ2v) is 3.62. The molecule has 0 aliphatic rings. The van der Waals surface area contributed by atoms with Crippen LogP contribution in [0.25, 0.3) is 11.5 Å². The Hall–Kier alpha value is -1.82. The third-order valence-corrected chi connectivity index (χ3v) is 2.31. The zero-order valence-corrected chi connectivity index (χ0v) is 9.15. The molecule has 0 saturated heterocycles. The topological polar surface area (TPSA) is 64.9 Å². The summed E-state index contributed by atoms with van der Waals surface area (Å²) in [4.78, 5) is 0. The first kappa shape index (κ1) is 11.7. The average molecular weight is 239 g/mol. The lowest BCUT2D eigenvalue weighted by Crippen LogP contribution is -2.08. The fourth-order valence-corrected chi connectivity index (χ4v) is 1.35. The van der Waals surface area contributed by atoms with E-state index >= 15 is 0 Å². The van der Waals surface area contributed by atoms with E-state index in [9.17, 15) is 8.78 Å². The molecular weight excluding hydrogens is 228 g/mol. The monoisotopic (exact) mass is 239 g/mol. The molecule has 1 aromatic carbocycles. The highest BCUT2D eigenvalue weighted by Crippen LogP contribution is 2.22. The molecule has 1 aromatic heterocycles. The summed E-state index contributed by atoms with van der Waals surface area (Å²) in [5, 5.41) is 7.44. The first-order valence-corrected chi connectivity index (χ1v) is 5.15. The highest BCUT2D eigenvalue weighted by molar-refractivity contribution is 5.52. The molecule has 1 unspecified atom stereocenters. The summed E-state index contributed by atoms with van der Waals surface area (Å²) in [6.45, 7) is 1.87. The van der Waals surface area contributed by atoms with Crippen molar-refractivity contribution in [1.29, 1.82) is 0 Å². The lowest BCUT2D eigenvalue weighted by Gasteiger charge is -2.00. The molecule has 4 nitrogen and oxygen atoms in total. The van der Waals surface area contributed by atoms with Crippen molar-refractivity contribution in [3.63, 3.8) is 0 Å². The second kappa shape index (κ2) is 4.58. The molecule has 6 heteroatoms. The minimum absolute atomic E-state index is 0.0577. The highest BCUT2D eigenvalue weighted by atomic mass is 19.1. The predicted octanol–water partition coefficient (Wildman–Crippen LogP) is 2.42. The molecule has 90 valence electrons. The third-order valence-electron chi connectivity index (χ3n) is 2.31. The van der Waals surface area contributed by atoms with Gasteiger partial charge in [0, 0.05) is 11.6 Å². The number of hydrogen-bond donors (Lipinski definition) is 1.